The second kappa shape index (κ2) is 5.40. The molecular weight excluding hydrogens is 232 g/mol. The van der Waals surface area contributed by atoms with E-state index in [9.17, 15) is 0 Å². The second-order valence-corrected chi connectivity index (χ2v) is 5.55. The Morgan fingerprint density at radius 3 is 3.00 bits per heavy atom. The lowest BCUT2D eigenvalue weighted by atomic mass is 10.1. The van der Waals surface area contributed by atoms with Crippen LogP contribution in [0.15, 0.2) is 30.3 Å². The summed E-state index contributed by atoms with van der Waals surface area (Å²) in [6.07, 6.45) is 1.16. The molecule has 92 valence electrons. The minimum absolute atomic E-state index is 0.672. The van der Waals surface area contributed by atoms with E-state index in [1.165, 1.54) is 12.1 Å². The fraction of sp³-hybridized carbons (Fsp3) is 0.538. The third-order valence-electron chi connectivity index (χ3n) is 3.44. The Morgan fingerprint density at radius 1 is 1.24 bits per heavy atom. The second-order valence-electron chi connectivity index (χ2n) is 4.70. The minimum Gasteiger partial charge on any atom is -0.301 e. The van der Waals surface area contributed by atoms with Crippen LogP contribution >= 0.6 is 12.2 Å². The summed E-state index contributed by atoms with van der Waals surface area (Å²) in [4.78, 5) is 2.56. The molecule has 4 heteroatoms. The highest BCUT2D eigenvalue weighted by Gasteiger charge is 2.30. The van der Waals surface area contributed by atoms with Crippen molar-refractivity contribution in [1.29, 1.82) is 0 Å². The van der Waals surface area contributed by atoms with Gasteiger partial charge in [0.05, 0.1) is 18.8 Å². The molecule has 1 aromatic rings. The molecule has 0 saturated carbocycles. The molecule has 2 heterocycles. The molecule has 0 bridgehead atoms. The molecule has 2 fully saturated rings. The number of hydrogen-bond acceptors (Lipinski definition) is 4. The lowest BCUT2D eigenvalue weighted by Crippen LogP contribution is -2.51. The lowest BCUT2D eigenvalue weighted by molar-refractivity contribution is 0.0984. The van der Waals surface area contributed by atoms with E-state index >= 15 is 0 Å². The molecule has 1 aromatic carbocycles. The van der Waals surface area contributed by atoms with Gasteiger partial charge in [0.1, 0.15) is 0 Å². The van der Waals surface area contributed by atoms with Gasteiger partial charge in [-0.15, -0.1) is 0 Å². The topological polar surface area (TPSA) is 15.7 Å². The zero-order valence-corrected chi connectivity index (χ0v) is 10.7. The average Bonchev–Trinajstić information content (AvgIpc) is 2.40. The molecular formula is C13H18N2OS. The maximum atomic E-state index is 5.42. The van der Waals surface area contributed by atoms with Crippen LogP contribution in [-0.2, 0) is 10.7 Å². The Labute approximate surface area is 107 Å². The molecule has 2 aliphatic heterocycles. The van der Waals surface area contributed by atoms with E-state index in [-0.39, 0.29) is 0 Å². The van der Waals surface area contributed by atoms with E-state index in [1.807, 2.05) is 0 Å². The molecule has 0 N–H and O–H groups in total. The van der Waals surface area contributed by atoms with E-state index in [1.54, 1.807) is 12.2 Å². The van der Waals surface area contributed by atoms with Gasteiger partial charge in [0.25, 0.3) is 0 Å². The van der Waals surface area contributed by atoms with E-state index in [0.717, 1.165) is 32.7 Å². The van der Waals surface area contributed by atoms with E-state index < -0.39 is 0 Å². The molecule has 1 atom stereocenters. The Morgan fingerprint density at radius 2 is 2.12 bits per heavy atom. The van der Waals surface area contributed by atoms with Gasteiger partial charge in [-0.05, 0) is 12.0 Å². The summed E-state index contributed by atoms with van der Waals surface area (Å²) in [6.45, 7) is 5.40. The van der Waals surface area contributed by atoms with Gasteiger partial charge in [-0.3, -0.25) is 4.90 Å². The fourth-order valence-electron chi connectivity index (χ4n) is 2.51. The lowest BCUT2D eigenvalue weighted by Gasteiger charge is -2.42. The molecule has 0 amide bonds. The molecule has 0 aromatic heterocycles. The molecule has 0 unspecified atom stereocenters. The van der Waals surface area contributed by atoms with Crippen molar-refractivity contribution in [2.75, 3.05) is 26.2 Å². The highest BCUT2D eigenvalue weighted by Crippen LogP contribution is 2.27. The number of piperazine rings is 1. The first-order valence-electron chi connectivity index (χ1n) is 6.24. The van der Waals surface area contributed by atoms with Gasteiger partial charge in [0.15, 0.2) is 0 Å². The smallest absolute Gasteiger partial charge is 0.0822 e. The molecule has 2 aliphatic rings. The normalized spacial score (nSPS) is 26.7. The van der Waals surface area contributed by atoms with Crippen LogP contribution in [0.1, 0.15) is 12.0 Å². The largest absolute Gasteiger partial charge is 0.301 e. The number of nitrogens with zero attached hydrogens (tertiary/aromatic N) is 2. The first kappa shape index (κ1) is 11.5. The summed E-state index contributed by atoms with van der Waals surface area (Å²) >= 11 is 1.56. The van der Waals surface area contributed by atoms with E-state index in [0.29, 0.717) is 6.04 Å². The summed E-state index contributed by atoms with van der Waals surface area (Å²) < 4.78 is 7.81. The van der Waals surface area contributed by atoms with Gasteiger partial charge in [-0.25, -0.2) is 4.31 Å². The van der Waals surface area contributed by atoms with Crippen LogP contribution in [0.5, 0.6) is 0 Å². The standard InChI is InChI=1S/C13H18N2OS/c1-2-4-12(5-3-1)10-14-7-8-15-13(11-14)6-9-16-17-15/h1-5,13H,6-11H2/t13-/m1/s1. The van der Waals surface area contributed by atoms with Crippen LogP contribution in [0.4, 0.5) is 0 Å². The van der Waals surface area contributed by atoms with Crippen LogP contribution in [0.25, 0.3) is 0 Å². The third-order valence-corrected chi connectivity index (χ3v) is 4.39. The summed E-state index contributed by atoms with van der Waals surface area (Å²) in [5, 5.41) is 0. The van der Waals surface area contributed by atoms with Gasteiger partial charge in [0, 0.05) is 32.2 Å². The minimum atomic E-state index is 0.672. The third kappa shape index (κ3) is 2.83. The number of benzene rings is 1. The van der Waals surface area contributed by atoms with Crippen molar-refractivity contribution in [3.05, 3.63) is 35.9 Å². The maximum absolute atomic E-state index is 5.42. The van der Waals surface area contributed by atoms with Crippen LogP contribution in [0, 0.1) is 0 Å². The maximum Gasteiger partial charge on any atom is 0.0822 e. The summed E-state index contributed by atoms with van der Waals surface area (Å²) in [6, 6.07) is 11.4. The van der Waals surface area contributed by atoms with Gasteiger partial charge in [0.2, 0.25) is 0 Å². The Kier molecular flexibility index (Phi) is 3.66. The van der Waals surface area contributed by atoms with Crippen molar-refractivity contribution < 1.29 is 4.18 Å². The fourth-order valence-corrected chi connectivity index (χ4v) is 3.27. The zero-order valence-electron chi connectivity index (χ0n) is 9.92. The van der Waals surface area contributed by atoms with Gasteiger partial charge >= 0.3 is 0 Å². The van der Waals surface area contributed by atoms with Crippen LogP contribution in [-0.4, -0.2) is 41.5 Å². The van der Waals surface area contributed by atoms with Crippen LogP contribution in [0.2, 0.25) is 0 Å². The predicted molar refractivity (Wildman–Crippen MR) is 70.4 cm³/mol. The highest BCUT2D eigenvalue weighted by atomic mass is 32.2. The summed E-state index contributed by atoms with van der Waals surface area (Å²) in [5.41, 5.74) is 1.42. The monoisotopic (exact) mass is 250 g/mol. The Balaban J connectivity index is 1.59. The van der Waals surface area contributed by atoms with Crippen molar-refractivity contribution in [1.82, 2.24) is 9.21 Å². The first-order chi connectivity index (χ1) is 8.42. The highest BCUT2D eigenvalue weighted by molar-refractivity contribution is 7.92. The van der Waals surface area contributed by atoms with E-state index in [4.69, 9.17) is 4.18 Å². The Bertz CT molecular complexity index is 360. The quantitative estimate of drug-likeness (QED) is 0.590. The first-order valence-corrected chi connectivity index (χ1v) is 6.94. The van der Waals surface area contributed by atoms with Crippen molar-refractivity contribution in [2.24, 2.45) is 0 Å². The SMILES string of the molecule is c1ccc(CN2CCN3SOCC[C@@H]3C2)cc1. The van der Waals surface area contributed by atoms with Gasteiger partial charge < -0.3 is 4.18 Å². The molecule has 2 saturated heterocycles. The Hall–Kier alpha value is -0.550. The van der Waals surface area contributed by atoms with Crippen molar-refractivity contribution in [3.63, 3.8) is 0 Å². The number of hydrogen-bond donors (Lipinski definition) is 0. The van der Waals surface area contributed by atoms with Crippen LogP contribution < -0.4 is 0 Å². The van der Waals surface area contributed by atoms with Crippen molar-refractivity contribution in [2.45, 2.75) is 19.0 Å². The van der Waals surface area contributed by atoms with E-state index in [2.05, 4.69) is 39.5 Å². The van der Waals surface area contributed by atoms with Gasteiger partial charge in [-0.1, -0.05) is 30.3 Å². The molecule has 3 rings (SSSR count). The predicted octanol–water partition coefficient (Wildman–Crippen LogP) is 2.16. The molecule has 17 heavy (non-hydrogen) atoms. The summed E-state index contributed by atoms with van der Waals surface area (Å²) in [7, 11) is 0. The van der Waals surface area contributed by atoms with Gasteiger partial charge in [-0.2, -0.15) is 0 Å². The van der Waals surface area contributed by atoms with Crippen molar-refractivity contribution >= 4 is 12.2 Å². The van der Waals surface area contributed by atoms with Crippen molar-refractivity contribution in [3.8, 4) is 0 Å². The number of rotatable bonds is 2. The molecule has 0 radical (unpaired) electrons. The molecule has 0 aliphatic carbocycles. The molecule has 0 spiro atoms. The zero-order chi connectivity index (χ0) is 11.5. The van der Waals surface area contributed by atoms with Crippen LogP contribution in [0.3, 0.4) is 0 Å². The summed E-state index contributed by atoms with van der Waals surface area (Å²) in [5.74, 6) is 0. The average molecular weight is 250 g/mol. The molecule has 3 nitrogen and oxygen atoms in total. The number of fused-ring (bicyclic) bond motifs is 1.